The second kappa shape index (κ2) is 6.51. The van der Waals surface area contributed by atoms with Crippen LogP contribution in [0.15, 0.2) is 42.9 Å². The summed E-state index contributed by atoms with van der Waals surface area (Å²) in [7, 11) is 1.88. The second-order valence-electron chi connectivity index (χ2n) is 6.44. The zero-order valence-corrected chi connectivity index (χ0v) is 14.4. The molecule has 0 aliphatic heterocycles. The molecule has 1 aliphatic rings. The topological polar surface area (TPSA) is 62.7 Å². The van der Waals surface area contributed by atoms with Gasteiger partial charge >= 0.3 is 6.18 Å². The van der Waals surface area contributed by atoms with Gasteiger partial charge in [-0.3, -0.25) is 9.48 Å². The highest BCUT2D eigenvalue weighted by molar-refractivity contribution is 5.80. The molecule has 0 saturated heterocycles. The molecule has 0 bridgehead atoms. The number of amides is 1. The third-order valence-electron chi connectivity index (χ3n) is 4.30. The zero-order valence-electron chi connectivity index (χ0n) is 14.4. The quantitative estimate of drug-likeness (QED) is 0.728. The van der Waals surface area contributed by atoms with Crippen molar-refractivity contribution in [1.82, 2.24) is 20.1 Å². The van der Waals surface area contributed by atoms with Crippen LogP contribution in [-0.2, 0) is 23.6 Å². The third kappa shape index (κ3) is 3.89. The van der Waals surface area contributed by atoms with Crippen LogP contribution in [0.25, 0.3) is 10.9 Å². The van der Waals surface area contributed by atoms with Crippen molar-refractivity contribution in [2.45, 2.75) is 31.5 Å². The lowest BCUT2D eigenvalue weighted by Crippen LogP contribution is -2.32. The van der Waals surface area contributed by atoms with Gasteiger partial charge in [0.05, 0.1) is 17.3 Å². The van der Waals surface area contributed by atoms with Gasteiger partial charge in [0.2, 0.25) is 5.91 Å². The summed E-state index contributed by atoms with van der Waals surface area (Å²) in [6.07, 6.45) is 3.19. The van der Waals surface area contributed by atoms with E-state index in [2.05, 4.69) is 15.4 Å². The fraction of sp³-hybridized carbons (Fsp3) is 0.333. The fourth-order valence-electron chi connectivity index (χ4n) is 2.85. The molecule has 0 unspecified atom stereocenters. The molecule has 3 aromatic rings. The van der Waals surface area contributed by atoms with Crippen LogP contribution in [0.5, 0.6) is 0 Å². The van der Waals surface area contributed by atoms with Crippen molar-refractivity contribution in [2.24, 2.45) is 7.05 Å². The van der Waals surface area contributed by atoms with Gasteiger partial charge in [-0.15, -0.1) is 0 Å². The molecular formula is C18H19F3N4O. The van der Waals surface area contributed by atoms with Crippen molar-refractivity contribution in [3.63, 3.8) is 0 Å². The molecule has 5 nitrogen and oxygen atoms in total. The predicted octanol–water partition coefficient (Wildman–Crippen LogP) is 3.73. The van der Waals surface area contributed by atoms with E-state index in [1.54, 1.807) is 23.9 Å². The second-order valence-corrected chi connectivity index (χ2v) is 6.44. The lowest BCUT2D eigenvalue weighted by Gasteiger charge is -2.13. The van der Waals surface area contributed by atoms with Gasteiger partial charge in [0.15, 0.2) is 0 Å². The number of aromatic nitrogens is 3. The summed E-state index contributed by atoms with van der Waals surface area (Å²) in [6.45, 7) is 1.55. The van der Waals surface area contributed by atoms with Crippen molar-refractivity contribution in [3.8, 4) is 0 Å². The van der Waals surface area contributed by atoms with E-state index in [9.17, 15) is 18.0 Å². The molecule has 0 atom stereocenters. The van der Waals surface area contributed by atoms with E-state index in [1.165, 1.54) is 6.07 Å². The lowest BCUT2D eigenvalue weighted by molar-refractivity contribution is -0.137. The van der Waals surface area contributed by atoms with Crippen molar-refractivity contribution in [3.05, 3.63) is 54.0 Å². The Labute approximate surface area is 148 Å². The third-order valence-corrected chi connectivity index (χ3v) is 4.30. The highest BCUT2D eigenvalue weighted by Gasteiger charge is 2.45. The van der Waals surface area contributed by atoms with E-state index in [0.29, 0.717) is 10.9 Å². The maximum atomic E-state index is 12.2. The molecule has 26 heavy (non-hydrogen) atoms. The molecule has 2 aromatic heterocycles. The number of carbonyl (C=O) groups is 1. The van der Waals surface area contributed by atoms with Crippen molar-refractivity contribution in [1.29, 1.82) is 0 Å². The molecule has 0 radical (unpaired) electrons. The summed E-state index contributed by atoms with van der Waals surface area (Å²) >= 11 is 0. The summed E-state index contributed by atoms with van der Waals surface area (Å²) in [4.78, 5) is 13.8. The normalized spacial score (nSPS) is 15.3. The van der Waals surface area contributed by atoms with Crippen molar-refractivity contribution < 1.29 is 18.0 Å². The average Bonchev–Trinajstić information content (AvgIpc) is 2.96. The van der Waals surface area contributed by atoms with Gasteiger partial charge in [0.25, 0.3) is 0 Å². The van der Waals surface area contributed by atoms with Crippen LogP contribution in [0.4, 0.5) is 13.2 Å². The number of fused-ring (bicyclic) bond motifs is 1. The van der Waals surface area contributed by atoms with Crippen LogP contribution >= 0.6 is 0 Å². The molecular weight excluding hydrogens is 345 g/mol. The van der Waals surface area contributed by atoms with E-state index in [1.807, 2.05) is 19.4 Å². The standard InChI is InChI=1S/C9H6F3N.C9H13N3O/c10-9(11,12)7-1-2-8-6(5-7)3-4-13-8;1-7(13)11-9(3-4-9)8-5-10-12(2)6-8/h1-5,13H;5-6H,3-4H2,1-2H3,(H,11,13). The van der Waals surface area contributed by atoms with Gasteiger partial charge in [0, 0.05) is 37.4 Å². The maximum Gasteiger partial charge on any atom is 0.416 e. The minimum absolute atomic E-state index is 0.0290. The van der Waals surface area contributed by atoms with Gasteiger partial charge in [-0.05, 0) is 42.5 Å². The molecule has 1 aliphatic carbocycles. The molecule has 138 valence electrons. The summed E-state index contributed by atoms with van der Waals surface area (Å²) in [5.74, 6) is 0.0290. The minimum atomic E-state index is -4.26. The summed E-state index contributed by atoms with van der Waals surface area (Å²) in [5, 5.41) is 7.64. The minimum Gasteiger partial charge on any atom is -0.361 e. The molecule has 0 spiro atoms. The number of halogens is 3. The highest BCUT2D eigenvalue weighted by Crippen LogP contribution is 2.45. The average molecular weight is 364 g/mol. The largest absolute Gasteiger partial charge is 0.416 e. The van der Waals surface area contributed by atoms with E-state index in [-0.39, 0.29) is 11.4 Å². The molecule has 1 amide bonds. The first-order valence-corrected chi connectivity index (χ1v) is 8.12. The number of hydrogen-bond donors (Lipinski definition) is 2. The number of hydrogen-bond acceptors (Lipinski definition) is 2. The van der Waals surface area contributed by atoms with Crippen LogP contribution in [0, 0.1) is 0 Å². The number of H-pyrrole nitrogens is 1. The van der Waals surface area contributed by atoms with E-state index < -0.39 is 11.7 Å². The smallest absolute Gasteiger partial charge is 0.361 e. The zero-order chi connectivity index (χ0) is 18.9. The summed E-state index contributed by atoms with van der Waals surface area (Å²) in [5.41, 5.74) is 1.12. The Morgan fingerprint density at radius 1 is 1.31 bits per heavy atom. The Morgan fingerprint density at radius 2 is 2.04 bits per heavy atom. The number of nitrogens with one attached hydrogen (secondary N) is 2. The lowest BCUT2D eigenvalue weighted by atomic mass is 10.1. The number of nitrogens with zero attached hydrogens (tertiary/aromatic N) is 2. The summed E-state index contributed by atoms with van der Waals surface area (Å²) < 4.78 is 38.4. The van der Waals surface area contributed by atoms with E-state index in [4.69, 9.17) is 0 Å². The molecule has 2 N–H and O–H groups in total. The van der Waals surface area contributed by atoms with Crippen LogP contribution in [0.1, 0.15) is 30.9 Å². The van der Waals surface area contributed by atoms with Gasteiger partial charge < -0.3 is 10.3 Å². The monoisotopic (exact) mass is 364 g/mol. The Morgan fingerprint density at radius 3 is 2.58 bits per heavy atom. The van der Waals surface area contributed by atoms with Crippen molar-refractivity contribution in [2.75, 3.05) is 0 Å². The predicted molar refractivity (Wildman–Crippen MR) is 91.2 cm³/mol. The van der Waals surface area contributed by atoms with Gasteiger partial charge in [-0.2, -0.15) is 18.3 Å². The van der Waals surface area contributed by atoms with Crippen LogP contribution in [-0.4, -0.2) is 20.7 Å². The Balaban J connectivity index is 0.000000151. The number of carbonyl (C=O) groups excluding carboxylic acids is 1. The van der Waals surface area contributed by atoms with Crippen LogP contribution < -0.4 is 5.32 Å². The number of aryl methyl sites for hydroxylation is 1. The number of aromatic amines is 1. The number of alkyl halides is 3. The Kier molecular flexibility index (Phi) is 4.52. The fourth-order valence-corrected chi connectivity index (χ4v) is 2.85. The molecule has 8 heteroatoms. The Bertz CT molecular complexity index is 922. The van der Waals surface area contributed by atoms with Gasteiger partial charge in [0.1, 0.15) is 0 Å². The molecule has 4 rings (SSSR count). The van der Waals surface area contributed by atoms with E-state index in [0.717, 1.165) is 30.5 Å². The molecule has 1 saturated carbocycles. The van der Waals surface area contributed by atoms with Crippen LogP contribution in [0.2, 0.25) is 0 Å². The first kappa shape index (κ1) is 18.0. The maximum absolute atomic E-state index is 12.2. The summed E-state index contributed by atoms with van der Waals surface area (Å²) in [6, 6.07) is 5.24. The van der Waals surface area contributed by atoms with E-state index >= 15 is 0 Å². The van der Waals surface area contributed by atoms with Gasteiger partial charge in [-0.1, -0.05) is 0 Å². The molecule has 2 heterocycles. The highest BCUT2D eigenvalue weighted by atomic mass is 19.4. The van der Waals surface area contributed by atoms with Crippen LogP contribution in [0.3, 0.4) is 0 Å². The number of benzene rings is 1. The first-order chi connectivity index (χ1) is 12.2. The molecule has 1 aromatic carbocycles. The first-order valence-electron chi connectivity index (χ1n) is 8.12. The Hall–Kier alpha value is -2.77. The number of rotatable bonds is 2. The van der Waals surface area contributed by atoms with Crippen molar-refractivity contribution >= 4 is 16.8 Å². The molecule has 1 fully saturated rings. The van der Waals surface area contributed by atoms with Gasteiger partial charge in [-0.25, -0.2) is 0 Å². The SMILES string of the molecule is CC(=O)NC1(c2cnn(C)c2)CC1.FC(F)(F)c1ccc2[nH]ccc2c1.